The topological polar surface area (TPSA) is 45.8 Å². The lowest BCUT2D eigenvalue weighted by molar-refractivity contribution is 0.772. The monoisotopic (exact) mass is 234 g/mol. The van der Waals surface area contributed by atoms with E-state index in [0.717, 1.165) is 33.9 Å². The van der Waals surface area contributed by atoms with Crippen LogP contribution in [-0.4, -0.2) is 9.97 Å². The number of thiophene rings is 1. The van der Waals surface area contributed by atoms with Crippen LogP contribution in [0.2, 0.25) is 0 Å². The number of fused-ring (bicyclic) bond motifs is 1. The maximum atomic E-state index is 11.9. The van der Waals surface area contributed by atoms with Crippen LogP contribution in [0.1, 0.15) is 29.1 Å². The number of nitrogens with one attached hydrogen (secondary N) is 1. The molecule has 3 rings (SSSR count). The van der Waals surface area contributed by atoms with Crippen molar-refractivity contribution < 1.29 is 0 Å². The van der Waals surface area contributed by atoms with Crippen molar-refractivity contribution >= 4 is 21.6 Å². The van der Waals surface area contributed by atoms with E-state index in [1.165, 1.54) is 17.7 Å². The zero-order valence-electron chi connectivity index (χ0n) is 9.46. The maximum absolute atomic E-state index is 11.9. The fourth-order valence-corrected chi connectivity index (χ4v) is 3.04. The highest BCUT2D eigenvalue weighted by Gasteiger charge is 2.23. The molecule has 2 aromatic rings. The molecule has 84 valence electrons. The highest BCUT2D eigenvalue weighted by molar-refractivity contribution is 7.18. The number of aryl methyl sites for hydroxylation is 2. The number of nitrogens with zero attached hydrogens (tertiary/aromatic N) is 1. The average Bonchev–Trinajstić information content (AvgIpc) is 2.95. The van der Waals surface area contributed by atoms with Crippen molar-refractivity contribution in [3.63, 3.8) is 0 Å². The summed E-state index contributed by atoms with van der Waals surface area (Å²) in [6.07, 6.45) is 3.50. The van der Waals surface area contributed by atoms with Crippen LogP contribution in [0, 0.1) is 19.8 Å². The van der Waals surface area contributed by atoms with Crippen LogP contribution >= 0.6 is 11.3 Å². The number of rotatable bonds is 2. The zero-order chi connectivity index (χ0) is 11.3. The second-order valence-corrected chi connectivity index (χ2v) is 5.83. The number of H-pyrrole nitrogens is 1. The number of hydrogen-bond acceptors (Lipinski definition) is 3. The van der Waals surface area contributed by atoms with Gasteiger partial charge in [-0.15, -0.1) is 11.3 Å². The van der Waals surface area contributed by atoms with Crippen molar-refractivity contribution in [3.8, 4) is 0 Å². The highest BCUT2D eigenvalue weighted by Crippen LogP contribution is 2.32. The summed E-state index contributed by atoms with van der Waals surface area (Å²) in [5, 5.41) is 0.780. The van der Waals surface area contributed by atoms with Crippen molar-refractivity contribution in [1.82, 2.24) is 9.97 Å². The molecule has 2 heterocycles. The van der Waals surface area contributed by atoms with Gasteiger partial charge in [0.25, 0.3) is 5.56 Å². The molecule has 1 N–H and O–H groups in total. The van der Waals surface area contributed by atoms with E-state index in [0.29, 0.717) is 0 Å². The lowest BCUT2D eigenvalue weighted by Gasteiger charge is -1.98. The van der Waals surface area contributed by atoms with E-state index >= 15 is 0 Å². The zero-order valence-corrected chi connectivity index (χ0v) is 10.3. The Bertz CT molecular complexity index is 607. The minimum absolute atomic E-state index is 0.0301. The molecule has 16 heavy (non-hydrogen) atoms. The molecule has 0 spiro atoms. The summed E-state index contributed by atoms with van der Waals surface area (Å²) < 4.78 is 0. The normalized spacial score (nSPS) is 15.9. The van der Waals surface area contributed by atoms with Crippen molar-refractivity contribution in [1.29, 1.82) is 0 Å². The maximum Gasteiger partial charge on any atom is 0.259 e. The molecule has 2 aromatic heterocycles. The highest BCUT2D eigenvalue weighted by atomic mass is 32.1. The average molecular weight is 234 g/mol. The van der Waals surface area contributed by atoms with E-state index in [1.807, 2.05) is 13.8 Å². The molecule has 0 bridgehead atoms. The minimum atomic E-state index is 0.0301. The quantitative estimate of drug-likeness (QED) is 0.868. The summed E-state index contributed by atoms with van der Waals surface area (Å²) in [7, 11) is 0. The summed E-state index contributed by atoms with van der Waals surface area (Å²) in [6, 6.07) is 0. The molecule has 0 aromatic carbocycles. The summed E-state index contributed by atoms with van der Waals surface area (Å²) in [5.41, 5.74) is 1.11. The summed E-state index contributed by atoms with van der Waals surface area (Å²) in [6.45, 7) is 4.04. The molecular weight excluding hydrogens is 220 g/mol. The molecule has 1 fully saturated rings. The molecule has 1 aliphatic rings. The van der Waals surface area contributed by atoms with E-state index in [4.69, 9.17) is 0 Å². The first-order valence-corrected chi connectivity index (χ1v) is 6.45. The van der Waals surface area contributed by atoms with Gasteiger partial charge in [0.05, 0.1) is 5.39 Å². The third-order valence-corrected chi connectivity index (χ3v) is 4.37. The molecule has 0 radical (unpaired) electrons. The van der Waals surface area contributed by atoms with E-state index < -0.39 is 0 Å². The largest absolute Gasteiger partial charge is 0.310 e. The van der Waals surface area contributed by atoms with Crippen LogP contribution in [0.4, 0.5) is 0 Å². The fraction of sp³-hybridized carbons (Fsp3) is 0.500. The minimum Gasteiger partial charge on any atom is -0.310 e. The van der Waals surface area contributed by atoms with Gasteiger partial charge in [-0.3, -0.25) is 4.79 Å². The van der Waals surface area contributed by atoms with E-state index in [-0.39, 0.29) is 5.56 Å². The first-order chi connectivity index (χ1) is 7.65. The summed E-state index contributed by atoms with van der Waals surface area (Å²) >= 11 is 1.62. The van der Waals surface area contributed by atoms with Gasteiger partial charge in [-0.25, -0.2) is 4.98 Å². The standard InChI is InChI=1S/C12H14N2OS/c1-6-7(2)16-12-10(6)11(15)13-9(14-12)5-8-3-4-8/h8H,3-5H2,1-2H3,(H,13,14,15). The molecule has 0 aliphatic heterocycles. The van der Waals surface area contributed by atoms with Gasteiger partial charge >= 0.3 is 0 Å². The Hall–Kier alpha value is -1.16. The van der Waals surface area contributed by atoms with E-state index in [9.17, 15) is 4.79 Å². The van der Waals surface area contributed by atoms with Gasteiger partial charge in [-0.2, -0.15) is 0 Å². The Morgan fingerprint density at radius 2 is 2.19 bits per heavy atom. The number of aromatic amines is 1. The fourth-order valence-electron chi connectivity index (χ4n) is 1.99. The van der Waals surface area contributed by atoms with Crippen LogP contribution < -0.4 is 5.56 Å². The second-order valence-electron chi connectivity index (χ2n) is 4.62. The van der Waals surface area contributed by atoms with Crippen molar-refractivity contribution in [2.45, 2.75) is 33.1 Å². The van der Waals surface area contributed by atoms with Crippen LogP contribution in [-0.2, 0) is 6.42 Å². The first-order valence-electron chi connectivity index (χ1n) is 5.64. The summed E-state index contributed by atoms with van der Waals surface area (Å²) in [5.74, 6) is 1.61. The SMILES string of the molecule is Cc1sc2nc(CC3CC3)[nH]c(=O)c2c1C. The molecule has 0 atom stereocenters. The van der Waals surface area contributed by atoms with Gasteiger partial charge in [-0.1, -0.05) is 0 Å². The summed E-state index contributed by atoms with van der Waals surface area (Å²) in [4.78, 5) is 21.5. The van der Waals surface area contributed by atoms with Gasteiger partial charge < -0.3 is 4.98 Å². The van der Waals surface area contributed by atoms with Crippen LogP contribution in [0.15, 0.2) is 4.79 Å². The second kappa shape index (κ2) is 3.42. The van der Waals surface area contributed by atoms with Gasteiger partial charge in [0.2, 0.25) is 0 Å². The Morgan fingerprint density at radius 3 is 2.88 bits per heavy atom. The predicted molar refractivity (Wildman–Crippen MR) is 66.1 cm³/mol. The Labute approximate surface area is 97.5 Å². The molecular formula is C12H14N2OS. The number of hydrogen-bond donors (Lipinski definition) is 1. The van der Waals surface area contributed by atoms with Gasteiger partial charge in [0.1, 0.15) is 10.7 Å². The van der Waals surface area contributed by atoms with Gasteiger partial charge in [0.15, 0.2) is 0 Å². The molecule has 4 heteroatoms. The predicted octanol–water partition coefficient (Wildman–Crippen LogP) is 2.55. The van der Waals surface area contributed by atoms with Gasteiger partial charge in [0, 0.05) is 11.3 Å². The third-order valence-electron chi connectivity index (χ3n) is 3.27. The molecule has 1 saturated carbocycles. The van der Waals surface area contributed by atoms with Gasteiger partial charge in [-0.05, 0) is 38.2 Å². The Balaban J connectivity index is 2.17. The molecule has 1 aliphatic carbocycles. The Kier molecular flexibility index (Phi) is 2.14. The van der Waals surface area contributed by atoms with E-state index in [1.54, 1.807) is 11.3 Å². The molecule has 3 nitrogen and oxygen atoms in total. The van der Waals surface area contributed by atoms with Crippen LogP contribution in [0.25, 0.3) is 10.2 Å². The smallest absolute Gasteiger partial charge is 0.259 e. The van der Waals surface area contributed by atoms with Crippen molar-refractivity contribution in [2.24, 2.45) is 5.92 Å². The number of aromatic nitrogens is 2. The van der Waals surface area contributed by atoms with Crippen molar-refractivity contribution in [3.05, 3.63) is 26.6 Å². The first kappa shape index (κ1) is 10.0. The Morgan fingerprint density at radius 1 is 1.44 bits per heavy atom. The lowest BCUT2D eigenvalue weighted by atomic mass is 10.2. The third kappa shape index (κ3) is 1.57. The van der Waals surface area contributed by atoms with Crippen LogP contribution in [0.5, 0.6) is 0 Å². The molecule has 0 saturated heterocycles. The lowest BCUT2D eigenvalue weighted by Crippen LogP contribution is -2.11. The molecule has 0 unspecified atom stereocenters. The van der Waals surface area contributed by atoms with Crippen LogP contribution in [0.3, 0.4) is 0 Å². The van der Waals surface area contributed by atoms with Crippen molar-refractivity contribution in [2.75, 3.05) is 0 Å². The molecule has 0 amide bonds. The van der Waals surface area contributed by atoms with E-state index in [2.05, 4.69) is 9.97 Å².